The van der Waals surface area contributed by atoms with E-state index in [-0.39, 0.29) is 28.5 Å². The SMILES string of the molecule is Cc1nc(Cc2cccc(Cl)c2F)[nH]c(=O)c1F. The standard InChI is InChI=1S/C12H9ClF2N2O/c1-6-10(14)12(18)17-9(16-6)5-7-3-2-4-8(13)11(7)15/h2-4H,5H2,1H3,(H,16,17,18). The highest BCUT2D eigenvalue weighted by Crippen LogP contribution is 2.19. The van der Waals surface area contributed by atoms with Crippen molar-refractivity contribution in [3.63, 3.8) is 0 Å². The van der Waals surface area contributed by atoms with Crippen molar-refractivity contribution in [3.05, 3.63) is 62.3 Å². The van der Waals surface area contributed by atoms with Crippen molar-refractivity contribution in [1.82, 2.24) is 9.97 Å². The maximum atomic E-state index is 13.6. The van der Waals surface area contributed by atoms with E-state index in [4.69, 9.17) is 11.6 Å². The molecule has 0 amide bonds. The first-order valence-electron chi connectivity index (χ1n) is 5.17. The number of benzene rings is 1. The lowest BCUT2D eigenvalue weighted by Crippen LogP contribution is -2.17. The van der Waals surface area contributed by atoms with Crippen LogP contribution in [0.5, 0.6) is 0 Å². The Morgan fingerprint density at radius 2 is 2.06 bits per heavy atom. The molecule has 94 valence electrons. The summed E-state index contributed by atoms with van der Waals surface area (Å²) in [7, 11) is 0. The molecule has 6 heteroatoms. The molecule has 1 heterocycles. The normalized spacial score (nSPS) is 10.7. The zero-order valence-corrected chi connectivity index (χ0v) is 10.2. The molecule has 0 radical (unpaired) electrons. The van der Waals surface area contributed by atoms with Gasteiger partial charge in [0.2, 0.25) is 5.82 Å². The summed E-state index contributed by atoms with van der Waals surface area (Å²) >= 11 is 5.64. The van der Waals surface area contributed by atoms with Crippen molar-refractivity contribution in [2.24, 2.45) is 0 Å². The molecule has 0 saturated heterocycles. The van der Waals surface area contributed by atoms with Crippen molar-refractivity contribution in [1.29, 1.82) is 0 Å². The lowest BCUT2D eigenvalue weighted by atomic mass is 10.1. The van der Waals surface area contributed by atoms with Gasteiger partial charge in [-0.15, -0.1) is 0 Å². The molecule has 0 unspecified atom stereocenters. The highest BCUT2D eigenvalue weighted by molar-refractivity contribution is 6.30. The molecule has 0 fully saturated rings. The third-order valence-corrected chi connectivity index (χ3v) is 2.76. The average Bonchev–Trinajstić information content (AvgIpc) is 2.32. The van der Waals surface area contributed by atoms with Crippen molar-refractivity contribution >= 4 is 11.6 Å². The molecule has 0 aliphatic rings. The molecule has 0 atom stereocenters. The van der Waals surface area contributed by atoms with E-state index in [9.17, 15) is 13.6 Å². The second-order valence-corrected chi connectivity index (χ2v) is 4.21. The van der Waals surface area contributed by atoms with Gasteiger partial charge in [0.1, 0.15) is 11.6 Å². The molecule has 1 aromatic carbocycles. The van der Waals surface area contributed by atoms with E-state index in [1.165, 1.54) is 19.1 Å². The van der Waals surface area contributed by atoms with E-state index < -0.39 is 17.2 Å². The molecule has 18 heavy (non-hydrogen) atoms. The fourth-order valence-corrected chi connectivity index (χ4v) is 1.77. The van der Waals surface area contributed by atoms with Gasteiger partial charge in [0.15, 0.2) is 0 Å². The zero-order chi connectivity index (χ0) is 13.3. The van der Waals surface area contributed by atoms with Crippen LogP contribution in [0.1, 0.15) is 17.1 Å². The number of aromatic nitrogens is 2. The molecular weight excluding hydrogens is 262 g/mol. The lowest BCUT2D eigenvalue weighted by molar-refractivity contribution is 0.580. The van der Waals surface area contributed by atoms with Gasteiger partial charge in [-0.25, -0.2) is 9.37 Å². The molecular formula is C12H9ClF2N2O. The molecule has 0 bridgehead atoms. The number of nitrogens with one attached hydrogen (secondary N) is 1. The fourth-order valence-electron chi connectivity index (χ4n) is 1.58. The minimum Gasteiger partial charge on any atom is -0.308 e. The number of hydrogen-bond acceptors (Lipinski definition) is 2. The number of H-pyrrole nitrogens is 1. The molecule has 3 nitrogen and oxygen atoms in total. The summed E-state index contributed by atoms with van der Waals surface area (Å²) in [6.45, 7) is 1.38. The molecule has 0 spiro atoms. The van der Waals surface area contributed by atoms with Gasteiger partial charge in [-0.2, -0.15) is 4.39 Å². The maximum absolute atomic E-state index is 13.6. The van der Waals surface area contributed by atoms with Crippen LogP contribution < -0.4 is 5.56 Å². The van der Waals surface area contributed by atoms with Gasteiger partial charge in [0.05, 0.1) is 10.7 Å². The molecule has 1 N–H and O–H groups in total. The molecule has 2 rings (SSSR count). The van der Waals surface area contributed by atoms with Crippen molar-refractivity contribution in [2.75, 3.05) is 0 Å². The van der Waals surface area contributed by atoms with E-state index >= 15 is 0 Å². The predicted octanol–water partition coefficient (Wildman–Crippen LogP) is 2.60. The summed E-state index contributed by atoms with van der Waals surface area (Å²) in [5, 5.41) is -0.00585. The van der Waals surface area contributed by atoms with Crippen molar-refractivity contribution < 1.29 is 8.78 Å². The molecule has 0 saturated carbocycles. The maximum Gasteiger partial charge on any atom is 0.287 e. The third kappa shape index (κ3) is 2.41. The lowest BCUT2D eigenvalue weighted by Gasteiger charge is -2.05. The average molecular weight is 271 g/mol. The number of rotatable bonds is 2. The van der Waals surface area contributed by atoms with Gasteiger partial charge in [-0.05, 0) is 18.6 Å². The van der Waals surface area contributed by atoms with Crippen LogP contribution in [0.2, 0.25) is 5.02 Å². The van der Waals surface area contributed by atoms with Crippen LogP contribution in [0, 0.1) is 18.6 Å². The Labute approximate surface area is 106 Å². The number of hydrogen-bond donors (Lipinski definition) is 1. The minimum atomic E-state index is -0.926. The van der Waals surface area contributed by atoms with Crippen molar-refractivity contribution in [2.45, 2.75) is 13.3 Å². The topological polar surface area (TPSA) is 45.8 Å². The number of nitrogens with zero attached hydrogens (tertiary/aromatic N) is 1. The van der Waals surface area contributed by atoms with Crippen LogP contribution in [0.3, 0.4) is 0 Å². The number of aryl methyl sites for hydroxylation is 1. The smallest absolute Gasteiger partial charge is 0.287 e. The second kappa shape index (κ2) is 4.86. The van der Waals surface area contributed by atoms with Crippen LogP contribution in [0.25, 0.3) is 0 Å². The fraction of sp³-hybridized carbons (Fsp3) is 0.167. The summed E-state index contributed by atoms with van der Waals surface area (Å²) in [5.41, 5.74) is -0.590. The van der Waals surface area contributed by atoms with E-state index in [0.717, 1.165) is 0 Å². The monoisotopic (exact) mass is 270 g/mol. The number of halogens is 3. The Bertz CT molecular complexity index is 655. The van der Waals surface area contributed by atoms with Gasteiger partial charge in [0.25, 0.3) is 5.56 Å². The summed E-state index contributed by atoms with van der Waals surface area (Å²) in [6, 6.07) is 4.54. The van der Waals surface area contributed by atoms with E-state index in [1.807, 2.05) is 0 Å². The van der Waals surface area contributed by atoms with E-state index in [0.29, 0.717) is 0 Å². The van der Waals surface area contributed by atoms with Gasteiger partial charge in [-0.3, -0.25) is 4.79 Å². The molecule has 0 aliphatic carbocycles. The predicted molar refractivity (Wildman–Crippen MR) is 63.8 cm³/mol. The first-order chi connectivity index (χ1) is 8.49. The summed E-state index contributed by atoms with van der Waals surface area (Å²) < 4.78 is 26.7. The van der Waals surface area contributed by atoms with Crippen LogP contribution in [0.15, 0.2) is 23.0 Å². The van der Waals surface area contributed by atoms with E-state index in [2.05, 4.69) is 9.97 Å². The minimum absolute atomic E-state index is 0.00585. The molecule has 0 aliphatic heterocycles. The van der Waals surface area contributed by atoms with E-state index in [1.54, 1.807) is 6.07 Å². The molecule has 2 aromatic rings. The molecule has 1 aromatic heterocycles. The summed E-state index contributed by atoms with van der Waals surface area (Å²) in [4.78, 5) is 17.3. The zero-order valence-electron chi connectivity index (χ0n) is 9.43. The first-order valence-corrected chi connectivity index (χ1v) is 5.55. The number of aromatic amines is 1. The van der Waals surface area contributed by atoms with Gasteiger partial charge >= 0.3 is 0 Å². The van der Waals surface area contributed by atoms with Crippen LogP contribution >= 0.6 is 11.6 Å². The Kier molecular flexibility index (Phi) is 3.43. The van der Waals surface area contributed by atoms with Gasteiger partial charge in [0, 0.05) is 6.42 Å². The van der Waals surface area contributed by atoms with Crippen LogP contribution in [-0.4, -0.2) is 9.97 Å². The summed E-state index contributed by atoms with van der Waals surface area (Å²) in [5.74, 6) is -1.30. The summed E-state index contributed by atoms with van der Waals surface area (Å²) in [6.07, 6.45) is 0.0444. The first kappa shape index (κ1) is 12.7. The quantitative estimate of drug-likeness (QED) is 0.912. The Morgan fingerprint density at radius 3 is 2.72 bits per heavy atom. The Hall–Kier alpha value is -1.75. The van der Waals surface area contributed by atoms with Crippen LogP contribution in [-0.2, 0) is 6.42 Å². The Balaban J connectivity index is 2.41. The van der Waals surface area contributed by atoms with Crippen molar-refractivity contribution in [3.8, 4) is 0 Å². The highest BCUT2D eigenvalue weighted by Gasteiger charge is 2.11. The van der Waals surface area contributed by atoms with Gasteiger partial charge < -0.3 is 4.98 Å². The highest BCUT2D eigenvalue weighted by atomic mass is 35.5. The van der Waals surface area contributed by atoms with Crippen LogP contribution in [0.4, 0.5) is 8.78 Å². The Morgan fingerprint density at radius 1 is 1.33 bits per heavy atom. The third-order valence-electron chi connectivity index (χ3n) is 2.47. The second-order valence-electron chi connectivity index (χ2n) is 3.80. The van der Waals surface area contributed by atoms with Gasteiger partial charge in [-0.1, -0.05) is 23.7 Å². The largest absolute Gasteiger partial charge is 0.308 e.